The molecule has 4 heteroatoms. The Hall–Kier alpha value is -2.41. The molecule has 1 aromatic carbocycles. The number of rotatable bonds is 3. The van der Waals surface area contributed by atoms with E-state index in [1.54, 1.807) is 17.7 Å². The van der Waals surface area contributed by atoms with Crippen LogP contribution in [0.1, 0.15) is 40.3 Å². The van der Waals surface area contributed by atoms with E-state index in [9.17, 15) is 4.79 Å². The van der Waals surface area contributed by atoms with Crippen molar-refractivity contribution in [2.45, 2.75) is 26.8 Å². The number of aryl methyl sites for hydroxylation is 2. The van der Waals surface area contributed by atoms with Gasteiger partial charge in [0.2, 0.25) is 5.82 Å². The lowest BCUT2D eigenvalue weighted by atomic mass is 9.98. The third kappa shape index (κ3) is 2.41. The number of benzene rings is 1. The Bertz CT molecular complexity index is 664. The van der Waals surface area contributed by atoms with Crippen LogP contribution < -0.4 is 0 Å². The minimum absolute atomic E-state index is 0.00398. The van der Waals surface area contributed by atoms with Crippen molar-refractivity contribution in [2.75, 3.05) is 0 Å². The fourth-order valence-corrected chi connectivity index (χ4v) is 2.06. The summed E-state index contributed by atoms with van der Waals surface area (Å²) in [7, 11) is 0. The molecule has 0 bridgehead atoms. The first-order valence-electron chi connectivity index (χ1n) is 6.09. The number of imidazole rings is 1. The molecule has 1 heterocycles. The molecule has 0 radical (unpaired) electrons. The average molecular weight is 253 g/mol. The summed E-state index contributed by atoms with van der Waals surface area (Å²) in [5.41, 5.74) is 2.69. The van der Waals surface area contributed by atoms with Gasteiger partial charge in [-0.2, -0.15) is 5.26 Å². The molecule has 0 aliphatic heterocycles. The second kappa shape index (κ2) is 5.07. The molecule has 0 spiro atoms. The van der Waals surface area contributed by atoms with Gasteiger partial charge in [0.05, 0.1) is 6.04 Å². The van der Waals surface area contributed by atoms with E-state index in [-0.39, 0.29) is 11.6 Å². The maximum atomic E-state index is 12.5. The molecule has 0 aliphatic carbocycles. The van der Waals surface area contributed by atoms with Crippen molar-refractivity contribution in [1.82, 2.24) is 9.55 Å². The van der Waals surface area contributed by atoms with Crippen LogP contribution in [0.5, 0.6) is 0 Å². The van der Waals surface area contributed by atoms with Crippen molar-refractivity contribution < 1.29 is 4.79 Å². The van der Waals surface area contributed by atoms with Crippen molar-refractivity contribution in [3.8, 4) is 6.07 Å². The van der Waals surface area contributed by atoms with Gasteiger partial charge in [0, 0.05) is 18.0 Å². The van der Waals surface area contributed by atoms with Crippen LogP contribution in [0, 0.1) is 25.2 Å². The van der Waals surface area contributed by atoms with Crippen LogP contribution in [0.25, 0.3) is 0 Å². The number of carbonyl (C=O) groups excluding carboxylic acids is 1. The summed E-state index contributed by atoms with van der Waals surface area (Å²) in [4.78, 5) is 16.4. The zero-order valence-electron chi connectivity index (χ0n) is 11.2. The maximum absolute atomic E-state index is 12.5. The SMILES string of the molecule is Cc1ccc(C)c(C(=O)C(C)n2ccnc2C#N)c1. The highest BCUT2D eigenvalue weighted by Crippen LogP contribution is 2.19. The third-order valence-electron chi connectivity index (χ3n) is 3.22. The second-order valence-electron chi connectivity index (χ2n) is 4.63. The summed E-state index contributed by atoms with van der Waals surface area (Å²) in [5, 5.41) is 8.96. The van der Waals surface area contributed by atoms with E-state index in [2.05, 4.69) is 4.98 Å². The van der Waals surface area contributed by atoms with E-state index in [1.165, 1.54) is 6.20 Å². The number of hydrogen-bond donors (Lipinski definition) is 0. The van der Waals surface area contributed by atoms with Gasteiger partial charge in [-0.3, -0.25) is 4.79 Å². The highest BCUT2D eigenvalue weighted by Gasteiger charge is 2.20. The Balaban J connectivity index is 2.40. The van der Waals surface area contributed by atoms with Gasteiger partial charge in [0.15, 0.2) is 5.78 Å². The Labute approximate surface area is 112 Å². The predicted octanol–water partition coefficient (Wildman–Crippen LogP) is 2.82. The van der Waals surface area contributed by atoms with Gasteiger partial charge in [-0.1, -0.05) is 17.7 Å². The van der Waals surface area contributed by atoms with Crippen LogP contribution in [-0.4, -0.2) is 15.3 Å². The van der Waals surface area contributed by atoms with E-state index < -0.39 is 6.04 Å². The van der Waals surface area contributed by atoms with Crippen molar-refractivity contribution in [1.29, 1.82) is 5.26 Å². The van der Waals surface area contributed by atoms with Gasteiger partial charge in [0.1, 0.15) is 6.07 Å². The largest absolute Gasteiger partial charge is 0.312 e. The molecule has 2 aromatic rings. The molecule has 1 aromatic heterocycles. The molecular formula is C15H15N3O. The first-order valence-corrected chi connectivity index (χ1v) is 6.09. The van der Waals surface area contributed by atoms with E-state index in [1.807, 2.05) is 38.1 Å². The smallest absolute Gasteiger partial charge is 0.213 e. The number of carbonyl (C=O) groups is 1. The topological polar surface area (TPSA) is 58.7 Å². The molecular weight excluding hydrogens is 238 g/mol. The minimum Gasteiger partial charge on any atom is -0.312 e. The van der Waals surface area contributed by atoms with Crippen LogP contribution in [0.15, 0.2) is 30.6 Å². The number of ketones is 1. The van der Waals surface area contributed by atoms with Crippen LogP contribution in [0.2, 0.25) is 0 Å². The number of hydrogen-bond acceptors (Lipinski definition) is 3. The molecule has 0 saturated carbocycles. The molecule has 0 amide bonds. The third-order valence-corrected chi connectivity index (χ3v) is 3.22. The van der Waals surface area contributed by atoms with Crippen molar-refractivity contribution in [2.24, 2.45) is 0 Å². The highest BCUT2D eigenvalue weighted by molar-refractivity contribution is 6.00. The summed E-state index contributed by atoms with van der Waals surface area (Å²) >= 11 is 0. The van der Waals surface area contributed by atoms with Gasteiger partial charge < -0.3 is 4.57 Å². The Morgan fingerprint density at radius 3 is 2.84 bits per heavy atom. The summed E-state index contributed by atoms with van der Waals surface area (Å²) in [5.74, 6) is 0.252. The summed E-state index contributed by atoms with van der Waals surface area (Å²) in [6.45, 7) is 5.66. The van der Waals surface area contributed by atoms with Crippen LogP contribution in [0.4, 0.5) is 0 Å². The molecule has 1 atom stereocenters. The average Bonchev–Trinajstić information content (AvgIpc) is 2.88. The highest BCUT2D eigenvalue weighted by atomic mass is 16.1. The van der Waals surface area contributed by atoms with E-state index in [4.69, 9.17) is 5.26 Å². The predicted molar refractivity (Wildman–Crippen MR) is 71.9 cm³/mol. The van der Waals surface area contributed by atoms with E-state index in [0.29, 0.717) is 5.56 Å². The normalized spacial score (nSPS) is 11.9. The summed E-state index contributed by atoms with van der Waals surface area (Å²) < 4.78 is 1.60. The molecule has 0 fully saturated rings. The molecule has 1 unspecified atom stereocenters. The number of nitriles is 1. The van der Waals surface area contributed by atoms with Gasteiger partial charge in [-0.05, 0) is 32.4 Å². The van der Waals surface area contributed by atoms with Crippen LogP contribution in [-0.2, 0) is 0 Å². The fourth-order valence-electron chi connectivity index (χ4n) is 2.06. The number of Topliss-reactive ketones (excluding diaryl/α,β-unsaturated/α-hetero) is 1. The lowest BCUT2D eigenvalue weighted by molar-refractivity contribution is 0.0933. The zero-order chi connectivity index (χ0) is 14.0. The maximum Gasteiger partial charge on any atom is 0.213 e. The zero-order valence-corrected chi connectivity index (χ0v) is 11.2. The quantitative estimate of drug-likeness (QED) is 0.790. The van der Waals surface area contributed by atoms with Gasteiger partial charge >= 0.3 is 0 Å². The number of aromatic nitrogens is 2. The van der Waals surface area contributed by atoms with E-state index in [0.717, 1.165) is 11.1 Å². The van der Waals surface area contributed by atoms with Crippen LogP contribution >= 0.6 is 0 Å². The molecule has 0 saturated heterocycles. The van der Waals surface area contributed by atoms with Crippen molar-refractivity contribution >= 4 is 5.78 Å². The molecule has 96 valence electrons. The monoisotopic (exact) mass is 253 g/mol. The van der Waals surface area contributed by atoms with E-state index >= 15 is 0 Å². The van der Waals surface area contributed by atoms with Gasteiger partial charge in [0.25, 0.3) is 0 Å². The lowest BCUT2D eigenvalue weighted by Gasteiger charge is -2.15. The number of nitrogens with zero attached hydrogens (tertiary/aromatic N) is 3. The Kier molecular flexibility index (Phi) is 3.48. The molecule has 0 N–H and O–H groups in total. The Morgan fingerprint density at radius 1 is 1.42 bits per heavy atom. The molecule has 0 aliphatic rings. The van der Waals surface area contributed by atoms with Crippen molar-refractivity contribution in [3.05, 3.63) is 53.1 Å². The second-order valence-corrected chi connectivity index (χ2v) is 4.63. The standard InChI is InChI=1S/C15H15N3O/c1-10-4-5-11(2)13(8-10)15(19)12(3)18-7-6-17-14(18)9-16/h4-8,12H,1-3H3. The van der Waals surface area contributed by atoms with Gasteiger partial charge in [-0.25, -0.2) is 4.98 Å². The molecule has 19 heavy (non-hydrogen) atoms. The summed E-state index contributed by atoms with van der Waals surface area (Å²) in [6, 6.07) is 7.36. The summed E-state index contributed by atoms with van der Waals surface area (Å²) in [6.07, 6.45) is 3.19. The van der Waals surface area contributed by atoms with Crippen molar-refractivity contribution in [3.63, 3.8) is 0 Å². The van der Waals surface area contributed by atoms with Crippen LogP contribution in [0.3, 0.4) is 0 Å². The fraction of sp³-hybridized carbons (Fsp3) is 0.267. The first kappa shape index (κ1) is 13.0. The van der Waals surface area contributed by atoms with Gasteiger partial charge in [-0.15, -0.1) is 0 Å². The molecule has 4 nitrogen and oxygen atoms in total. The minimum atomic E-state index is -0.433. The first-order chi connectivity index (χ1) is 9.04. The molecule has 2 rings (SSSR count). The lowest BCUT2D eigenvalue weighted by Crippen LogP contribution is -2.18. The Morgan fingerprint density at radius 2 is 2.16 bits per heavy atom.